The van der Waals surface area contributed by atoms with Crippen LogP contribution in [0.2, 0.25) is 0 Å². The standard InChI is InChI=1S/C19H21N7O5/c1-12-10-17(25(28)29)22-23(12)9-8-20-19(27)16-6-4-15(5-7-16)11-24-14(3)18(26(30)31)13(2)21-24/h4-7,10H,8-9,11H2,1-3H3,(H,20,27). The van der Waals surface area contributed by atoms with E-state index in [1.807, 2.05) is 0 Å². The highest BCUT2D eigenvalue weighted by atomic mass is 16.6. The van der Waals surface area contributed by atoms with E-state index in [4.69, 9.17) is 0 Å². The topological polar surface area (TPSA) is 151 Å². The van der Waals surface area contributed by atoms with Gasteiger partial charge in [-0.3, -0.25) is 19.6 Å². The number of hydrogen-bond acceptors (Lipinski definition) is 7. The molecule has 0 radical (unpaired) electrons. The highest BCUT2D eigenvalue weighted by Gasteiger charge is 2.21. The first kappa shape index (κ1) is 21.6. The van der Waals surface area contributed by atoms with Crippen LogP contribution in [0.3, 0.4) is 0 Å². The Hall–Kier alpha value is -4.09. The Balaban J connectivity index is 1.59. The molecule has 0 unspecified atom stereocenters. The Morgan fingerprint density at radius 1 is 1.03 bits per heavy atom. The lowest BCUT2D eigenvalue weighted by molar-refractivity contribution is -0.389. The fourth-order valence-corrected chi connectivity index (χ4v) is 3.23. The second-order valence-electron chi connectivity index (χ2n) is 7.01. The van der Waals surface area contributed by atoms with Gasteiger partial charge in [0.1, 0.15) is 11.4 Å². The minimum absolute atomic E-state index is 0.00810. The van der Waals surface area contributed by atoms with Crippen LogP contribution in [0.1, 0.15) is 33.0 Å². The zero-order valence-corrected chi connectivity index (χ0v) is 17.2. The molecule has 0 spiro atoms. The van der Waals surface area contributed by atoms with E-state index in [1.54, 1.807) is 49.7 Å². The first-order valence-corrected chi connectivity index (χ1v) is 9.41. The highest BCUT2D eigenvalue weighted by molar-refractivity contribution is 5.94. The maximum Gasteiger partial charge on any atom is 0.390 e. The van der Waals surface area contributed by atoms with E-state index in [9.17, 15) is 25.0 Å². The monoisotopic (exact) mass is 427 g/mol. The molecule has 1 amide bonds. The van der Waals surface area contributed by atoms with Gasteiger partial charge in [-0.25, -0.2) is 0 Å². The summed E-state index contributed by atoms with van der Waals surface area (Å²) < 4.78 is 3.03. The summed E-state index contributed by atoms with van der Waals surface area (Å²) >= 11 is 0. The van der Waals surface area contributed by atoms with Crippen molar-refractivity contribution in [3.8, 4) is 0 Å². The largest absolute Gasteiger partial charge is 0.390 e. The molecule has 0 saturated heterocycles. The van der Waals surface area contributed by atoms with Crippen molar-refractivity contribution in [3.63, 3.8) is 0 Å². The summed E-state index contributed by atoms with van der Waals surface area (Å²) in [7, 11) is 0. The van der Waals surface area contributed by atoms with Gasteiger partial charge in [0.15, 0.2) is 0 Å². The van der Waals surface area contributed by atoms with Gasteiger partial charge in [0.25, 0.3) is 5.91 Å². The third-order valence-electron chi connectivity index (χ3n) is 4.84. The maximum absolute atomic E-state index is 12.3. The van der Waals surface area contributed by atoms with Crippen LogP contribution >= 0.6 is 0 Å². The summed E-state index contributed by atoms with van der Waals surface area (Å²) in [5, 5.41) is 32.7. The van der Waals surface area contributed by atoms with Gasteiger partial charge >= 0.3 is 11.5 Å². The average Bonchev–Trinajstić information content (AvgIpc) is 3.21. The van der Waals surface area contributed by atoms with Gasteiger partial charge in [0.2, 0.25) is 0 Å². The number of nitro groups is 2. The molecule has 2 aromatic heterocycles. The molecule has 0 atom stereocenters. The lowest BCUT2D eigenvalue weighted by atomic mass is 10.1. The molecule has 0 aliphatic rings. The second-order valence-corrected chi connectivity index (χ2v) is 7.01. The molecule has 12 nitrogen and oxygen atoms in total. The molecule has 2 heterocycles. The lowest BCUT2D eigenvalue weighted by Gasteiger charge is -2.07. The molecule has 0 fully saturated rings. The fourth-order valence-electron chi connectivity index (χ4n) is 3.23. The quantitative estimate of drug-likeness (QED) is 0.428. The van der Waals surface area contributed by atoms with E-state index >= 15 is 0 Å². The van der Waals surface area contributed by atoms with E-state index in [0.717, 1.165) is 5.56 Å². The number of hydrogen-bond donors (Lipinski definition) is 1. The molecule has 162 valence electrons. The molecule has 3 rings (SSSR count). The van der Waals surface area contributed by atoms with Gasteiger partial charge in [-0.1, -0.05) is 12.1 Å². The van der Waals surface area contributed by atoms with Crippen molar-refractivity contribution in [2.75, 3.05) is 6.54 Å². The summed E-state index contributed by atoms with van der Waals surface area (Å²) in [6.45, 7) is 5.86. The van der Waals surface area contributed by atoms with Crippen molar-refractivity contribution < 1.29 is 14.6 Å². The number of rotatable bonds is 8. The molecule has 0 aliphatic carbocycles. The summed E-state index contributed by atoms with van der Waals surface area (Å²) in [5.41, 5.74) is 2.76. The van der Waals surface area contributed by atoms with Gasteiger partial charge in [0.05, 0.1) is 34.9 Å². The van der Waals surface area contributed by atoms with Crippen LogP contribution in [-0.2, 0) is 13.1 Å². The van der Waals surface area contributed by atoms with Crippen molar-refractivity contribution >= 4 is 17.4 Å². The van der Waals surface area contributed by atoms with Crippen LogP contribution in [0, 0.1) is 41.0 Å². The zero-order valence-electron chi connectivity index (χ0n) is 17.2. The van der Waals surface area contributed by atoms with Crippen molar-refractivity contribution in [2.45, 2.75) is 33.9 Å². The molecule has 31 heavy (non-hydrogen) atoms. The summed E-state index contributed by atoms with van der Waals surface area (Å²) in [4.78, 5) is 33.2. The summed E-state index contributed by atoms with van der Waals surface area (Å²) in [6, 6.07) is 8.22. The normalized spacial score (nSPS) is 10.8. The van der Waals surface area contributed by atoms with E-state index in [-0.39, 0.29) is 24.0 Å². The van der Waals surface area contributed by atoms with Crippen LogP contribution in [-0.4, -0.2) is 41.9 Å². The number of aryl methyl sites for hydroxylation is 2. The van der Waals surface area contributed by atoms with Crippen molar-refractivity contribution in [3.05, 3.63) is 78.8 Å². The fraction of sp³-hybridized carbons (Fsp3) is 0.316. The predicted molar refractivity (Wildman–Crippen MR) is 110 cm³/mol. The van der Waals surface area contributed by atoms with Crippen molar-refractivity contribution in [2.24, 2.45) is 0 Å². The molecule has 0 aliphatic heterocycles. The van der Waals surface area contributed by atoms with Gasteiger partial charge in [0, 0.05) is 12.1 Å². The minimum atomic E-state index is -0.562. The van der Waals surface area contributed by atoms with E-state index in [2.05, 4.69) is 15.5 Å². The molecule has 0 saturated carbocycles. The van der Waals surface area contributed by atoms with Crippen LogP contribution in [0.15, 0.2) is 30.3 Å². The number of carbonyl (C=O) groups excluding carboxylic acids is 1. The Morgan fingerprint density at radius 2 is 1.71 bits per heavy atom. The number of aromatic nitrogens is 4. The van der Waals surface area contributed by atoms with Crippen LogP contribution < -0.4 is 5.32 Å². The van der Waals surface area contributed by atoms with E-state index in [0.29, 0.717) is 35.7 Å². The number of carbonyl (C=O) groups is 1. The molecular formula is C19H21N7O5. The first-order valence-electron chi connectivity index (χ1n) is 9.41. The Labute approximate surface area is 176 Å². The number of nitrogens with zero attached hydrogens (tertiary/aromatic N) is 6. The third kappa shape index (κ3) is 4.74. The van der Waals surface area contributed by atoms with Crippen molar-refractivity contribution in [1.29, 1.82) is 0 Å². The van der Waals surface area contributed by atoms with Gasteiger partial charge < -0.3 is 15.4 Å². The van der Waals surface area contributed by atoms with Gasteiger partial charge in [-0.05, 0) is 43.4 Å². The number of benzene rings is 1. The van der Waals surface area contributed by atoms with Crippen LogP contribution in [0.4, 0.5) is 11.5 Å². The van der Waals surface area contributed by atoms with E-state index < -0.39 is 9.85 Å². The maximum atomic E-state index is 12.3. The minimum Gasteiger partial charge on any atom is -0.358 e. The number of nitrogens with one attached hydrogen (secondary N) is 1. The van der Waals surface area contributed by atoms with Crippen LogP contribution in [0.25, 0.3) is 0 Å². The van der Waals surface area contributed by atoms with Crippen molar-refractivity contribution in [1.82, 2.24) is 24.9 Å². The first-order chi connectivity index (χ1) is 14.7. The van der Waals surface area contributed by atoms with Gasteiger partial charge in [-0.15, -0.1) is 0 Å². The predicted octanol–water partition coefficient (Wildman–Crippen LogP) is 2.30. The second kappa shape index (κ2) is 8.73. The molecule has 3 aromatic rings. The van der Waals surface area contributed by atoms with Gasteiger partial charge in [-0.2, -0.15) is 9.78 Å². The van der Waals surface area contributed by atoms with Crippen LogP contribution in [0.5, 0.6) is 0 Å². The number of amides is 1. The molecule has 0 bridgehead atoms. The SMILES string of the molecule is Cc1nn(Cc2ccc(C(=O)NCCn3nc([N+](=O)[O-])cc3C)cc2)c(C)c1[N+](=O)[O-]. The Kier molecular flexibility index (Phi) is 6.09. The highest BCUT2D eigenvalue weighted by Crippen LogP contribution is 2.22. The molecule has 1 aromatic carbocycles. The third-order valence-corrected chi connectivity index (χ3v) is 4.84. The average molecular weight is 427 g/mol. The Morgan fingerprint density at radius 3 is 2.26 bits per heavy atom. The molecule has 12 heteroatoms. The molecule has 1 N–H and O–H groups in total. The molecular weight excluding hydrogens is 406 g/mol. The lowest BCUT2D eigenvalue weighted by Crippen LogP contribution is -2.27. The smallest absolute Gasteiger partial charge is 0.358 e. The Bertz CT molecular complexity index is 1150. The summed E-state index contributed by atoms with van der Waals surface area (Å²) in [5.74, 6) is -0.514. The summed E-state index contributed by atoms with van der Waals surface area (Å²) in [6.07, 6.45) is 0. The van der Waals surface area contributed by atoms with E-state index in [1.165, 1.54) is 10.7 Å². The zero-order chi connectivity index (χ0) is 22.7.